The van der Waals surface area contributed by atoms with E-state index in [0.717, 1.165) is 0 Å². The van der Waals surface area contributed by atoms with Crippen molar-refractivity contribution in [3.8, 4) is 11.5 Å². The monoisotopic (exact) mass is 392 g/mol. The molecular weight excluding hydrogens is 368 g/mol. The molecule has 0 saturated heterocycles. The Kier molecular flexibility index (Phi) is 6.81. The van der Waals surface area contributed by atoms with Gasteiger partial charge in [0.15, 0.2) is 11.5 Å². The highest BCUT2D eigenvalue weighted by Crippen LogP contribution is 2.31. The van der Waals surface area contributed by atoms with Crippen molar-refractivity contribution in [3.05, 3.63) is 48.0 Å². The van der Waals surface area contributed by atoms with Gasteiger partial charge in [0.2, 0.25) is 10.0 Å². The summed E-state index contributed by atoms with van der Waals surface area (Å²) in [6, 6.07) is 10.8. The Hall–Kier alpha value is -2.58. The lowest BCUT2D eigenvalue weighted by molar-refractivity contribution is 0.102. The topological polar surface area (TPSA) is 93.7 Å². The fourth-order valence-corrected chi connectivity index (χ4v) is 3.72. The second-order valence-corrected chi connectivity index (χ2v) is 7.66. The third-order valence-corrected chi connectivity index (χ3v) is 5.64. The van der Waals surface area contributed by atoms with Crippen LogP contribution in [0.3, 0.4) is 0 Å². The molecule has 2 rings (SSSR count). The molecule has 0 aliphatic rings. The van der Waals surface area contributed by atoms with Gasteiger partial charge < -0.3 is 14.8 Å². The Balaban J connectivity index is 2.19. The third kappa shape index (κ3) is 4.99. The predicted molar refractivity (Wildman–Crippen MR) is 104 cm³/mol. The third-order valence-electron chi connectivity index (χ3n) is 4.04. The van der Waals surface area contributed by atoms with Crippen molar-refractivity contribution in [1.29, 1.82) is 0 Å². The van der Waals surface area contributed by atoms with Gasteiger partial charge >= 0.3 is 0 Å². The van der Waals surface area contributed by atoms with Gasteiger partial charge in [-0.25, -0.2) is 13.1 Å². The summed E-state index contributed by atoms with van der Waals surface area (Å²) >= 11 is 0. The summed E-state index contributed by atoms with van der Waals surface area (Å²) in [6.07, 6.45) is 0.690. The summed E-state index contributed by atoms with van der Waals surface area (Å²) in [6.45, 7) is 3.70. The molecule has 0 radical (unpaired) electrons. The number of amides is 1. The molecule has 1 atom stereocenters. The minimum Gasteiger partial charge on any atom is -0.493 e. The predicted octanol–water partition coefficient (Wildman–Crippen LogP) is 3.03. The first kappa shape index (κ1) is 20.7. The number of sulfonamides is 1. The maximum Gasteiger partial charge on any atom is 0.259 e. The molecule has 146 valence electrons. The van der Waals surface area contributed by atoms with E-state index in [1.165, 1.54) is 38.5 Å². The number of nitrogens with one attached hydrogen (secondary N) is 2. The molecule has 0 saturated carbocycles. The van der Waals surface area contributed by atoms with Crippen molar-refractivity contribution < 1.29 is 22.7 Å². The zero-order valence-electron chi connectivity index (χ0n) is 15.8. The zero-order chi connectivity index (χ0) is 20.0. The highest BCUT2D eigenvalue weighted by atomic mass is 32.2. The van der Waals surface area contributed by atoms with Crippen molar-refractivity contribution in [2.24, 2.45) is 0 Å². The van der Waals surface area contributed by atoms with Crippen LogP contribution in [0.15, 0.2) is 47.4 Å². The second kappa shape index (κ2) is 8.88. The van der Waals surface area contributed by atoms with Crippen LogP contribution in [-0.4, -0.2) is 34.6 Å². The first-order chi connectivity index (χ1) is 12.8. The summed E-state index contributed by atoms with van der Waals surface area (Å²) in [5.74, 6) is 0.385. The smallest absolute Gasteiger partial charge is 0.259 e. The Labute approximate surface area is 159 Å². The average Bonchev–Trinajstić information content (AvgIpc) is 2.67. The highest BCUT2D eigenvalue weighted by Gasteiger charge is 2.18. The van der Waals surface area contributed by atoms with Crippen molar-refractivity contribution in [3.63, 3.8) is 0 Å². The lowest BCUT2D eigenvalue weighted by atomic mass is 10.1. The molecule has 0 fully saturated rings. The van der Waals surface area contributed by atoms with E-state index in [-0.39, 0.29) is 16.8 Å². The van der Waals surface area contributed by atoms with E-state index in [2.05, 4.69) is 10.0 Å². The molecule has 2 aromatic rings. The van der Waals surface area contributed by atoms with Gasteiger partial charge in [-0.15, -0.1) is 0 Å². The van der Waals surface area contributed by atoms with E-state index in [1.807, 2.05) is 6.92 Å². The lowest BCUT2D eigenvalue weighted by Crippen LogP contribution is -2.31. The first-order valence-corrected chi connectivity index (χ1v) is 9.95. The van der Waals surface area contributed by atoms with Crippen LogP contribution in [0.2, 0.25) is 0 Å². The van der Waals surface area contributed by atoms with E-state index in [0.29, 0.717) is 29.2 Å². The molecule has 0 spiro atoms. The summed E-state index contributed by atoms with van der Waals surface area (Å²) in [4.78, 5) is 12.7. The van der Waals surface area contributed by atoms with Gasteiger partial charge in [-0.1, -0.05) is 13.0 Å². The number of carbonyl (C=O) groups is 1. The summed E-state index contributed by atoms with van der Waals surface area (Å²) < 4.78 is 37.6. The van der Waals surface area contributed by atoms with Gasteiger partial charge in [-0.2, -0.15) is 0 Å². The van der Waals surface area contributed by atoms with Crippen LogP contribution in [0, 0.1) is 0 Å². The van der Waals surface area contributed by atoms with Gasteiger partial charge in [0.1, 0.15) is 0 Å². The lowest BCUT2D eigenvalue weighted by Gasteiger charge is -2.14. The molecular formula is C19H24N2O5S. The number of carbonyl (C=O) groups excluding carboxylic acids is 1. The van der Waals surface area contributed by atoms with Crippen molar-refractivity contribution in [2.75, 3.05) is 19.5 Å². The maximum atomic E-state index is 12.6. The van der Waals surface area contributed by atoms with Gasteiger partial charge in [0.25, 0.3) is 5.91 Å². The minimum absolute atomic E-state index is 0.139. The number of hydrogen-bond acceptors (Lipinski definition) is 5. The van der Waals surface area contributed by atoms with E-state index in [9.17, 15) is 13.2 Å². The number of methoxy groups -OCH3 is 2. The fourth-order valence-electron chi connectivity index (χ4n) is 2.40. The number of hydrogen-bond donors (Lipinski definition) is 2. The number of benzene rings is 2. The molecule has 0 aliphatic carbocycles. The van der Waals surface area contributed by atoms with Gasteiger partial charge in [-0.3, -0.25) is 4.79 Å². The molecule has 0 aromatic heterocycles. The van der Waals surface area contributed by atoms with E-state index < -0.39 is 10.0 Å². The molecule has 0 aliphatic heterocycles. The van der Waals surface area contributed by atoms with Gasteiger partial charge in [0, 0.05) is 11.7 Å². The molecule has 1 amide bonds. The van der Waals surface area contributed by atoms with Crippen molar-refractivity contribution >= 4 is 21.6 Å². The number of anilines is 1. The molecule has 27 heavy (non-hydrogen) atoms. The Morgan fingerprint density at radius 1 is 1.07 bits per heavy atom. The minimum atomic E-state index is -3.59. The van der Waals surface area contributed by atoms with Gasteiger partial charge in [-0.05, 0) is 49.7 Å². The fraction of sp³-hybridized carbons (Fsp3) is 0.316. The van der Waals surface area contributed by atoms with Crippen molar-refractivity contribution in [1.82, 2.24) is 4.72 Å². The van der Waals surface area contributed by atoms with Crippen LogP contribution < -0.4 is 19.5 Å². The SMILES string of the molecule is CCC(C)NS(=O)(=O)c1ccc(NC(=O)c2cccc(OC)c2OC)cc1. The Morgan fingerprint density at radius 3 is 2.30 bits per heavy atom. The molecule has 2 aromatic carbocycles. The van der Waals surface area contributed by atoms with Crippen LogP contribution in [0.1, 0.15) is 30.6 Å². The number of para-hydroxylation sites is 1. The standard InChI is InChI=1S/C19H24N2O5S/c1-5-13(2)21-27(23,24)15-11-9-14(10-12-15)20-19(22)16-7-6-8-17(25-3)18(16)26-4/h6-13,21H,5H2,1-4H3,(H,20,22). The summed E-state index contributed by atoms with van der Waals surface area (Å²) in [5.41, 5.74) is 0.777. The number of ether oxygens (including phenoxy) is 2. The maximum absolute atomic E-state index is 12.6. The van der Waals surface area contributed by atoms with E-state index in [1.54, 1.807) is 25.1 Å². The highest BCUT2D eigenvalue weighted by molar-refractivity contribution is 7.89. The van der Waals surface area contributed by atoms with Crippen LogP contribution in [0.5, 0.6) is 11.5 Å². The second-order valence-electron chi connectivity index (χ2n) is 5.95. The van der Waals surface area contributed by atoms with Crippen LogP contribution in [-0.2, 0) is 10.0 Å². The summed E-state index contributed by atoms with van der Waals surface area (Å²) in [7, 11) is -0.639. The zero-order valence-corrected chi connectivity index (χ0v) is 16.6. The first-order valence-electron chi connectivity index (χ1n) is 8.47. The van der Waals surface area contributed by atoms with Crippen LogP contribution >= 0.6 is 0 Å². The molecule has 7 nitrogen and oxygen atoms in total. The normalized spacial score (nSPS) is 12.3. The van der Waals surface area contributed by atoms with Crippen LogP contribution in [0.4, 0.5) is 5.69 Å². The number of rotatable bonds is 8. The molecule has 0 bridgehead atoms. The molecule has 2 N–H and O–H groups in total. The molecule has 0 heterocycles. The van der Waals surface area contributed by atoms with E-state index >= 15 is 0 Å². The Bertz CT molecular complexity index is 895. The molecule has 1 unspecified atom stereocenters. The summed E-state index contributed by atoms with van der Waals surface area (Å²) in [5, 5.41) is 2.73. The quantitative estimate of drug-likeness (QED) is 0.720. The molecule has 8 heteroatoms. The largest absolute Gasteiger partial charge is 0.493 e. The average molecular weight is 392 g/mol. The van der Waals surface area contributed by atoms with E-state index in [4.69, 9.17) is 9.47 Å². The van der Waals surface area contributed by atoms with Gasteiger partial charge in [0.05, 0.1) is 24.7 Å². The van der Waals surface area contributed by atoms with Crippen LogP contribution in [0.25, 0.3) is 0 Å². The van der Waals surface area contributed by atoms with Crippen molar-refractivity contribution in [2.45, 2.75) is 31.2 Å². The Morgan fingerprint density at radius 2 is 1.74 bits per heavy atom.